The van der Waals surface area contributed by atoms with Crippen molar-refractivity contribution in [1.82, 2.24) is 0 Å². The molecule has 0 aromatic rings. The Balaban J connectivity index is 2.43. The summed E-state index contributed by atoms with van der Waals surface area (Å²) in [6.07, 6.45) is 6.15. The first-order valence-corrected chi connectivity index (χ1v) is 4.38. The maximum absolute atomic E-state index is 11.2. The molecule has 1 aliphatic rings. The maximum Gasteiger partial charge on any atom is 0.136 e. The van der Waals surface area contributed by atoms with Gasteiger partial charge in [0.1, 0.15) is 5.78 Å². The Kier molecular flexibility index (Phi) is 2.86. The molecule has 1 heteroatoms. The first-order chi connectivity index (χ1) is 5.24. The predicted octanol–water partition coefficient (Wildman–Crippen LogP) is 2.71. The van der Waals surface area contributed by atoms with Crippen molar-refractivity contribution >= 4 is 5.78 Å². The van der Waals surface area contributed by atoms with Crippen LogP contribution < -0.4 is 0 Å². The Hall–Kier alpha value is -0.590. The minimum atomic E-state index is 0.353. The van der Waals surface area contributed by atoms with E-state index >= 15 is 0 Å². The summed E-state index contributed by atoms with van der Waals surface area (Å²) in [5.74, 6) is 0.831. The smallest absolute Gasteiger partial charge is 0.136 e. The molecule has 0 amide bonds. The number of rotatable bonds is 2. The summed E-state index contributed by atoms with van der Waals surface area (Å²) < 4.78 is 0. The van der Waals surface area contributed by atoms with Crippen LogP contribution in [0.25, 0.3) is 0 Å². The fraction of sp³-hybridized carbons (Fsp3) is 0.700. The van der Waals surface area contributed by atoms with E-state index in [1.54, 1.807) is 0 Å². The third-order valence-corrected chi connectivity index (χ3v) is 2.49. The van der Waals surface area contributed by atoms with Gasteiger partial charge in [-0.1, -0.05) is 11.6 Å². The average Bonchev–Trinajstić information content (AvgIpc) is 2.37. The van der Waals surface area contributed by atoms with Crippen LogP contribution in [-0.2, 0) is 4.79 Å². The molecule has 0 heterocycles. The van der Waals surface area contributed by atoms with E-state index in [-0.39, 0.29) is 0 Å². The molecule has 1 unspecified atom stereocenters. The minimum Gasteiger partial charge on any atom is -0.299 e. The molecule has 62 valence electrons. The topological polar surface area (TPSA) is 17.1 Å². The van der Waals surface area contributed by atoms with Gasteiger partial charge < -0.3 is 0 Å². The van der Waals surface area contributed by atoms with Gasteiger partial charge in [-0.25, -0.2) is 0 Å². The van der Waals surface area contributed by atoms with E-state index in [9.17, 15) is 4.79 Å². The normalized spacial score (nSPS) is 26.2. The molecule has 1 atom stereocenters. The van der Waals surface area contributed by atoms with Crippen LogP contribution in [0.4, 0.5) is 0 Å². The molecule has 0 aromatic carbocycles. The van der Waals surface area contributed by atoms with Crippen LogP contribution >= 0.6 is 0 Å². The third kappa shape index (κ3) is 2.18. The van der Waals surface area contributed by atoms with Crippen molar-refractivity contribution in [3.63, 3.8) is 0 Å². The van der Waals surface area contributed by atoms with Crippen molar-refractivity contribution in [3.05, 3.63) is 11.6 Å². The van der Waals surface area contributed by atoms with Gasteiger partial charge in [-0.05, 0) is 33.1 Å². The summed E-state index contributed by atoms with van der Waals surface area (Å²) in [7, 11) is 0. The predicted molar refractivity (Wildman–Crippen MR) is 46.4 cm³/mol. The molecule has 1 aliphatic carbocycles. The van der Waals surface area contributed by atoms with Gasteiger partial charge in [-0.15, -0.1) is 0 Å². The van der Waals surface area contributed by atoms with Gasteiger partial charge in [0.05, 0.1) is 0 Å². The first kappa shape index (κ1) is 8.51. The Morgan fingerprint density at radius 1 is 1.73 bits per heavy atom. The Labute approximate surface area is 68.5 Å². The molecule has 0 aromatic heterocycles. The summed E-state index contributed by atoms with van der Waals surface area (Å²) in [6.45, 7) is 4.14. The Morgan fingerprint density at radius 2 is 2.45 bits per heavy atom. The molecule has 0 bridgehead atoms. The lowest BCUT2D eigenvalue weighted by atomic mass is 9.98. The number of hydrogen-bond acceptors (Lipinski definition) is 1. The van der Waals surface area contributed by atoms with Crippen LogP contribution in [0.3, 0.4) is 0 Å². The number of hydrogen-bond donors (Lipinski definition) is 0. The number of Topliss-reactive ketones (excluding diaryl/α,β-unsaturated/α-hetero) is 1. The fourth-order valence-electron chi connectivity index (χ4n) is 1.61. The zero-order valence-electron chi connectivity index (χ0n) is 7.39. The zero-order chi connectivity index (χ0) is 8.27. The van der Waals surface area contributed by atoms with Crippen molar-refractivity contribution in [2.24, 2.45) is 5.92 Å². The fourth-order valence-corrected chi connectivity index (χ4v) is 1.61. The molecule has 11 heavy (non-hydrogen) atoms. The van der Waals surface area contributed by atoms with E-state index in [1.165, 1.54) is 5.57 Å². The van der Waals surface area contributed by atoms with Gasteiger partial charge in [0.2, 0.25) is 0 Å². The molecule has 0 N–H and O–H groups in total. The highest BCUT2D eigenvalue weighted by molar-refractivity contribution is 5.83. The van der Waals surface area contributed by atoms with Crippen molar-refractivity contribution in [3.8, 4) is 0 Å². The Morgan fingerprint density at radius 3 is 2.91 bits per heavy atom. The molecule has 0 aliphatic heterocycles. The molecule has 0 saturated heterocycles. The molecule has 1 rings (SSSR count). The van der Waals surface area contributed by atoms with Crippen LogP contribution in [0.15, 0.2) is 11.6 Å². The molecule has 1 nitrogen and oxygen atoms in total. The summed E-state index contributed by atoms with van der Waals surface area (Å²) in [5.41, 5.74) is 1.35. The van der Waals surface area contributed by atoms with Crippen molar-refractivity contribution in [2.45, 2.75) is 39.5 Å². The summed E-state index contributed by atoms with van der Waals surface area (Å²) >= 11 is 0. The molecule has 0 radical (unpaired) electrons. The highest BCUT2D eigenvalue weighted by Crippen LogP contribution is 2.26. The second-order valence-electron chi connectivity index (χ2n) is 3.39. The molecular formula is C10H16O. The molecule has 1 saturated carbocycles. The molecule has 1 fully saturated rings. The van der Waals surface area contributed by atoms with E-state index in [4.69, 9.17) is 0 Å². The van der Waals surface area contributed by atoms with Crippen LogP contribution in [0.1, 0.15) is 39.5 Å². The number of carbonyl (C=O) groups excluding carboxylic acids is 1. The highest BCUT2D eigenvalue weighted by atomic mass is 16.1. The summed E-state index contributed by atoms with van der Waals surface area (Å²) in [4.78, 5) is 11.2. The van der Waals surface area contributed by atoms with E-state index < -0.39 is 0 Å². The van der Waals surface area contributed by atoms with E-state index in [0.29, 0.717) is 11.7 Å². The molecule has 0 spiro atoms. The summed E-state index contributed by atoms with van der Waals surface area (Å²) in [6, 6.07) is 0. The van der Waals surface area contributed by atoms with Crippen molar-refractivity contribution < 1.29 is 4.79 Å². The zero-order valence-corrected chi connectivity index (χ0v) is 7.39. The van der Waals surface area contributed by atoms with Gasteiger partial charge >= 0.3 is 0 Å². The van der Waals surface area contributed by atoms with Gasteiger partial charge in [0.15, 0.2) is 0 Å². The number of allylic oxidation sites excluding steroid dienone is 2. The first-order valence-electron chi connectivity index (χ1n) is 4.38. The van der Waals surface area contributed by atoms with Crippen LogP contribution in [-0.4, -0.2) is 5.78 Å². The monoisotopic (exact) mass is 152 g/mol. The lowest BCUT2D eigenvalue weighted by Gasteiger charge is -2.06. The maximum atomic E-state index is 11.2. The number of carbonyl (C=O) groups is 1. The lowest BCUT2D eigenvalue weighted by Crippen LogP contribution is -2.05. The Bertz CT molecular complexity index is 179. The van der Waals surface area contributed by atoms with E-state index in [2.05, 4.69) is 13.0 Å². The SMILES string of the molecule is C/C=C(\C)CC1CCCC1=O. The van der Waals surface area contributed by atoms with Crippen LogP contribution in [0.2, 0.25) is 0 Å². The average molecular weight is 152 g/mol. The number of ketones is 1. The van der Waals surface area contributed by atoms with Crippen molar-refractivity contribution in [2.75, 3.05) is 0 Å². The second kappa shape index (κ2) is 3.70. The third-order valence-electron chi connectivity index (χ3n) is 2.49. The van der Waals surface area contributed by atoms with Gasteiger partial charge in [0.25, 0.3) is 0 Å². The van der Waals surface area contributed by atoms with Gasteiger partial charge in [-0.3, -0.25) is 4.79 Å². The quantitative estimate of drug-likeness (QED) is 0.556. The highest BCUT2D eigenvalue weighted by Gasteiger charge is 2.23. The minimum absolute atomic E-state index is 0.353. The van der Waals surface area contributed by atoms with Gasteiger partial charge in [-0.2, -0.15) is 0 Å². The molecular weight excluding hydrogens is 136 g/mol. The lowest BCUT2D eigenvalue weighted by molar-refractivity contribution is -0.120. The van der Waals surface area contributed by atoms with Crippen LogP contribution in [0, 0.1) is 5.92 Å². The van der Waals surface area contributed by atoms with E-state index in [1.807, 2.05) is 6.92 Å². The largest absolute Gasteiger partial charge is 0.299 e. The standard InChI is InChI=1S/C10H16O/c1-3-8(2)7-9-5-4-6-10(9)11/h3,9H,4-7H2,1-2H3/b8-3+. The van der Waals surface area contributed by atoms with E-state index in [0.717, 1.165) is 25.7 Å². The summed E-state index contributed by atoms with van der Waals surface area (Å²) in [5, 5.41) is 0. The van der Waals surface area contributed by atoms with Crippen LogP contribution in [0.5, 0.6) is 0 Å². The van der Waals surface area contributed by atoms with Crippen molar-refractivity contribution in [1.29, 1.82) is 0 Å². The second-order valence-corrected chi connectivity index (χ2v) is 3.39. The van der Waals surface area contributed by atoms with Gasteiger partial charge in [0, 0.05) is 12.3 Å².